The summed E-state index contributed by atoms with van der Waals surface area (Å²) in [6.45, 7) is 2.81. The molecular formula is C25H24ClFN6O5. The summed E-state index contributed by atoms with van der Waals surface area (Å²) in [5.74, 6) is -1.03. The smallest absolute Gasteiger partial charge is 0.407 e. The molecule has 38 heavy (non-hydrogen) atoms. The number of carboxylic acid groups (broad SMARTS) is 1. The van der Waals surface area contributed by atoms with E-state index in [2.05, 4.69) is 10.1 Å². The molecule has 11 nitrogen and oxygen atoms in total. The average molecular weight is 543 g/mol. The summed E-state index contributed by atoms with van der Waals surface area (Å²) in [5, 5.41) is 14.2. The third-order valence-electron chi connectivity index (χ3n) is 6.66. The molecule has 0 aliphatic carbocycles. The van der Waals surface area contributed by atoms with Gasteiger partial charge in [0.15, 0.2) is 0 Å². The van der Waals surface area contributed by atoms with Crippen LogP contribution in [0.4, 0.5) is 9.18 Å². The molecule has 1 atom stereocenters. The SMILES string of the molecule is Cc1cc(Cl)cc(-c2ncnn3cc(Cn4cc(F)c(=O)n(C)c4=O)cc23)c1CC1CN(C(=O)O)CCO1. The molecule has 0 bridgehead atoms. The van der Waals surface area contributed by atoms with Gasteiger partial charge in [0.05, 0.1) is 43.2 Å². The van der Waals surface area contributed by atoms with Gasteiger partial charge in [-0.1, -0.05) is 11.6 Å². The summed E-state index contributed by atoms with van der Waals surface area (Å²) in [7, 11) is 1.22. The Kier molecular flexibility index (Phi) is 6.76. The predicted octanol–water partition coefficient (Wildman–Crippen LogP) is 2.33. The summed E-state index contributed by atoms with van der Waals surface area (Å²) >= 11 is 6.43. The lowest BCUT2D eigenvalue weighted by molar-refractivity contribution is -0.0210. The number of benzene rings is 1. The quantitative estimate of drug-likeness (QED) is 0.410. The van der Waals surface area contributed by atoms with Gasteiger partial charge in [0, 0.05) is 36.8 Å². The summed E-state index contributed by atoms with van der Waals surface area (Å²) in [4.78, 5) is 41.5. The largest absolute Gasteiger partial charge is 0.465 e. The molecule has 198 valence electrons. The van der Waals surface area contributed by atoms with E-state index in [1.807, 2.05) is 13.0 Å². The van der Waals surface area contributed by atoms with Crippen molar-refractivity contribution in [2.24, 2.45) is 7.05 Å². The Morgan fingerprint density at radius 1 is 1.26 bits per heavy atom. The molecule has 1 fully saturated rings. The molecule has 4 aromatic rings. The lowest BCUT2D eigenvalue weighted by atomic mass is 9.93. The summed E-state index contributed by atoms with van der Waals surface area (Å²) in [6.07, 6.45) is 3.10. The van der Waals surface area contributed by atoms with Gasteiger partial charge in [-0.25, -0.2) is 19.1 Å². The van der Waals surface area contributed by atoms with Gasteiger partial charge in [-0.2, -0.15) is 9.49 Å². The van der Waals surface area contributed by atoms with Gasteiger partial charge in [0.1, 0.15) is 6.33 Å². The van der Waals surface area contributed by atoms with E-state index in [9.17, 15) is 23.9 Å². The summed E-state index contributed by atoms with van der Waals surface area (Å²) < 4.78 is 23.3. The minimum absolute atomic E-state index is 0.00897. The summed E-state index contributed by atoms with van der Waals surface area (Å²) in [5.41, 5.74) is 2.77. The van der Waals surface area contributed by atoms with E-state index in [1.54, 1.807) is 22.8 Å². The van der Waals surface area contributed by atoms with E-state index in [-0.39, 0.29) is 19.2 Å². The molecule has 1 amide bonds. The van der Waals surface area contributed by atoms with E-state index in [4.69, 9.17) is 16.3 Å². The zero-order valence-corrected chi connectivity index (χ0v) is 21.4. The number of aromatic nitrogens is 5. The van der Waals surface area contributed by atoms with Crippen molar-refractivity contribution in [1.82, 2.24) is 28.6 Å². The van der Waals surface area contributed by atoms with Crippen molar-refractivity contribution in [1.29, 1.82) is 0 Å². The maximum Gasteiger partial charge on any atom is 0.407 e. The van der Waals surface area contributed by atoms with E-state index in [1.165, 1.54) is 18.3 Å². The molecule has 1 aliphatic heterocycles. The first kappa shape index (κ1) is 25.6. The van der Waals surface area contributed by atoms with Crippen LogP contribution >= 0.6 is 11.6 Å². The Morgan fingerprint density at radius 2 is 2.05 bits per heavy atom. The van der Waals surface area contributed by atoms with E-state index in [0.29, 0.717) is 41.4 Å². The third-order valence-corrected chi connectivity index (χ3v) is 6.88. The number of hydrogen-bond donors (Lipinski definition) is 1. The third kappa shape index (κ3) is 4.79. The van der Waals surface area contributed by atoms with Crippen LogP contribution in [0.1, 0.15) is 16.7 Å². The lowest BCUT2D eigenvalue weighted by Crippen LogP contribution is -2.45. The Balaban J connectivity index is 1.55. The monoisotopic (exact) mass is 542 g/mol. The maximum atomic E-state index is 14.0. The number of hydrogen-bond acceptors (Lipinski definition) is 6. The standard InChI is InChI=1S/C25H24ClFN6O5/c1-14-5-16(26)7-19(18(14)8-17-11-31(25(36)37)3-4-38-17)22-21-6-15(10-33(21)29-13-28-22)9-32-12-20(27)23(34)30(2)24(32)35/h5-7,10,12-13,17H,3-4,8-9,11H2,1-2H3,(H,36,37). The highest BCUT2D eigenvalue weighted by molar-refractivity contribution is 6.31. The number of carbonyl (C=O) groups is 1. The fourth-order valence-electron chi connectivity index (χ4n) is 4.77. The first-order valence-corrected chi connectivity index (χ1v) is 12.2. The van der Waals surface area contributed by atoms with Crippen molar-refractivity contribution in [3.8, 4) is 11.3 Å². The Morgan fingerprint density at radius 3 is 2.82 bits per heavy atom. The maximum absolute atomic E-state index is 14.0. The van der Waals surface area contributed by atoms with Crippen molar-refractivity contribution >= 4 is 23.2 Å². The fraction of sp³-hybridized carbons (Fsp3) is 0.320. The number of aryl methyl sites for hydroxylation is 1. The fourth-order valence-corrected chi connectivity index (χ4v) is 5.05. The highest BCUT2D eigenvalue weighted by atomic mass is 35.5. The number of nitrogens with zero attached hydrogens (tertiary/aromatic N) is 6. The van der Waals surface area contributed by atoms with Crippen LogP contribution in [0.3, 0.4) is 0 Å². The molecule has 1 unspecified atom stereocenters. The number of morpholine rings is 1. The van der Waals surface area contributed by atoms with Crippen molar-refractivity contribution in [2.45, 2.75) is 26.0 Å². The molecule has 1 aromatic carbocycles. The minimum Gasteiger partial charge on any atom is -0.465 e. The van der Waals surface area contributed by atoms with Crippen LogP contribution in [0.5, 0.6) is 0 Å². The molecule has 3 aromatic heterocycles. The first-order valence-electron chi connectivity index (χ1n) is 11.8. The van der Waals surface area contributed by atoms with Gasteiger partial charge in [0.2, 0.25) is 5.82 Å². The number of amides is 1. The second-order valence-electron chi connectivity index (χ2n) is 9.21. The molecular weight excluding hydrogens is 519 g/mol. The number of ether oxygens (including phenoxy) is 1. The highest BCUT2D eigenvalue weighted by Crippen LogP contribution is 2.33. The number of halogens is 2. The van der Waals surface area contributed by atoms with Crippen LogP contribution in [-0.2, 0) is 24.8 Å². The molecule has 0 saturated carbocycles. The van der Waals surface area contributed by atoms with Crippen molar-refractivity contribution in [3.63, 3.8) is 0 Å². The highest BCUT2D eigenvalue weighted by Gasteiger charge is 2.26. The second kappa shape index (κ2) is 10.0. The van der Waals surface area contributed by atoms with Crippen molar-refractivity contribution in [3.05, 3.63) is 85.3 Å². The van der Waals surface area contributed by atoms with Crippen LogP contribution in [0.2, 0.25) is 5.02 Å². The molecule has 1 N–H and O–H groups in total. The molecule has 1 aliphatic rings. The molecule has 5 rings (SSSR count). The van der Waals surface area contributed by atoms with E-state index >= 15 is 0 Å². The van der Waals surface area contributed by atoms with Crippen molar-refractivity contribution in [2.75, 3.05) is 19.7 Å². The zero-order chi connectivity index (χ0) is 27.1. The van der Waals surface area contributed by atoms with E-state index < -0.39 is 23.2 Å². The van der Waals surface area contributed by atoms with Crippen LogP contribution in [0.25, 0.3) is 16.8 Å². The Hall–Kier alpha value is -4.03. The van der Waals surface area contributed by atoms with Crippen molar-refractivity contribution < 1.29 is 19.0 Å². The number of fused-ring (bicyclic) bond motifs is 1. The topological polar surface area (TPSA) is 124 Å². The lowest BCUT2D eigenvalue weighted by Gasteiger charge is -2.31. The Bertz CT molecular complexity index is 1680. The first-order chi connectivity index (χ1) is 18.1. The molecule has 0 radical (unpaired) electrons. The van der Waals surface area contributed by atoms with Crippen LogP contribution in [0, 0.1) is 12.7 Å². The Labute approximate surface area is 220 Å². The van der Waals surface area contributed by atoms with Gasteiger partial charge in [0.25, 0.3) is 5.56 Å². The van der Waals surface area contributed by atoms with Gasteiger partial charge in [-0.15, -0.1) is 0 Å². The average Bonchev–Trinajstić information content (AvgIpc) is 3.30. The van der Waals surface area contributed by atoms with Gasteiger partial charge in [-0.05, 0) is 41.8 Å². The molecule has 4 heterocycles. The van der Waals surface area contributed by atoms with Crippen LogP contribution < -0.4 is 11.2 Å². The van der Waals surface area contributed by atoms with Gasteiger partial charge < -0.3 is 14.7 Å². The molecule has 0 spiro atoms. The second-order valence-corrected chi connectivity index (χ2v) is 9.65. The predicted molar refractivity (Wildman–Crippen MR) is 136 cm³/mol. The van der Waals surface area contributed by atoms with Crippen LogP contribution in [0.15, 0.2) is 46.5 Å². The molecule has 13 heteroatoms. The van der Waals surface area contributed by atoms with Gasteiger partial charge in [-0.3, -0.25) is 13.9 Å². The minimum atomic E-state index is -1.03. The molecule has 1 saturated heterocycles. The number of rotatable bonds is 5. The van der Waals surface area contributed by atoms with Gasteiger partial charge >= 0.3 is 11.8 Å². The zero-order valence-electron chi connectivity index (χ0n) is 20.6. The van der Waals surface area contributed by atoms with E-state index in [0.717, 1.165) is 32.0 Å². The normalized spacial score (nSPS) is 15.8. The summed E-state index contributed by atoms with van der Waals surface area (Å²) in [6, 6.07) is 5.42. The van der Waals surface area contributed by atoms with Crippen LogP contribution in [-0.4, -0.2) is 65.6 Å².